The summed E-state index contributed by atoms with van der Waals surface area (Å²) in [5.74, 6) is 0. The van der Waals surface area contributed by atoms with Gasteiger partial charge in [-0.25, -0.2) is 0 Å². The Morgan fingerprint density at radius 3 is 2.83 bits per heavy atom. The number of nitro groups is 1. The van der Waals surface area contributed by atoms with Gasteiger partial charge in [0, 0.05) is 25.2 Å². The van der Waals surface area contributed by atoms with Crippen LogP contribution in [0.5, 0.6) is 0 Å². The minimum Gasteiger partial charge on any atom is -0.353 e. The molecule has 1 aliphatic rings. The lowest BCUT2D eigenvalue weighted by Gasteiger charge is -2.06. The first-order valence-electron chi connectivity index (χ1n) is 5.86. The first-order valence-corrected chi connectivity index (χ1v) is 5.86. The fourth-order valence-electron chi connectivity index (χ4n) is 1.85. The lowest BCUT2D eigenvalue weighted by molar-refractivity contribution is -0.384. The molecule has 0 unspecified atom stereocenters. The Bertz CT molecular complexity index is 453. The predicted molar refractivity (Wildman–Crippen MR) is 67.1 cm³/mol. The van der Waals surface area contributed by atoms with Gasteiger partial charge in [-0.15, -0.1) is 0 Å². The van der Waals surface area contributed by atoms with E-state index in [1.54, 1.807) is 12.1 Å². The van der Waals surface area contributed by atoms with Crippen LogP contribution in [0.3, 0.4) is 0 Å². The van der Waals surface area contributed by atoms with Crippen molar-refractivity contribution in [3.8, 4) is 0 Å². The Morgan fingerprint density at radius 2 is 2.22 bits per heavy atom. The van der Waals surface area contributed by atoms with E-state index in [-0.39, 0.29) is 12.0 Å². The van der Waals surface area contributed by atoms with E-state index >= 15 is 0 Å². The highest BCUT2D eigenvalue weighted by Crippen LogP contribution is 2.23. The summed E-state index contributed by atoms with van der Waals surface area (Å²) in [6.07, 6.45) is 2.59. The van der Waals surface area contributed by atoms with Gasteiger partial charge in [-0.1, -0.05) is 6.08 Å². The minimum absolute atomic E-state index is 0.104. The summed E-state index contributed by atoms with van der Waals surface area (Å²) in [6.45, 7) is 3.12. The topological polar surface area (TPSA) is 61.6 Å². The van der Waals surface area contributed by atoms with Crippen molar-refractivity contribution in [3.05, 3.63) is 45.5 Å². The molecule has 96 valence electrons. The largest absolute Gasteiger partial charge is 0.353 e. The van der Waals surface area contributed by atoms with Gasteiger partial charge >= 0.3 is 0 Å². The van der Waals surface area contributed by atoms with Crippen LogP contribution >= 0.6 is 0 Å². The maximum Gasteiger partial charge on any atom is 0.269 e. The molecule has 1 aromatic carbocycles. The fourth-order valence-corrected chi connectivity index (χ4v) is 1.85. The molecule has 0 radical (unpaired) electrons. The summed E-state index contributed by atoms with van der Waals surface area (Å²) in [5.41, 5.74) is 2.19. The molecular formula is C13H15NO4. The van der Waals surface area contributed by atoms with Gasteiger partial charge in [-0.3, -0.25) is 10.1 Å². The predicted octanol–water partition coefficient (Wildman–Crippen LogP) is 2.76. The number of rotatable bonds is 4. The molecule has 1 aliphatic heterocycles. The van der Waals surface area contributed by atoms with Crippen LogP contribution in [0.25, 0.3) is 6.08 Å². The van der Waals surface area contributed by atoms with E-state index in [4.69, 9.17) is 9.47 Å². The zero-order valence-corrected chi connectivity index (χ0v) is 10.2. The summed E-state index contributed by atoms with van der Waals surface area (Å²) in [7, 11) is 0. The highest BCUT2D eigenvalue weighted by molar-refractivity contribution is 5.55. The second-order valence-corrected chi connectivity index (χ2v) is 4.05. The first kappa shape index (κ1) is 12.7. The molecule has 0 aromatic heterocycles. The van der Waals surface area contributed by atoms with Gasteiger partial charge in [0.05, 0.1) is 11.5 Å². The number of nitro benzene ring substituents is 1. The zero-order valence-electron chi connectivity index (χ0n) is 10.2. The van der Waals surface area contributed by atoms with E-state index in [1.165, 1.54) is 12.1 Å². The second-order valence-electron chi connectivity index (χ2n) is 4.05. The standard InChI is InChI=1S/C13H15NO4/c1-2-17-13-8-11(9-18-13)7-10-3-5-12(6-4-10)14(15)16/h3-7,13H,2,8-9H2,1H3/b11-7-/t13-/m1/s1. The summed E-state index contributed by atoms with van der Waals surface area (Å²) in [6, 6.07) is 6.47. The zero-order chi connectivity index (χ0) is 13.0. The van der Waals surface area contributed by atoms with Gasteiger partial charge in [-0.05, 0) is 30.2 Å². The van der Waals surface area contributed by atoms with Crippen molar-refractivity contribution in [1.29, 1.82) is 0 Å². The van der Waals surface area contributed by atoms with Crippen LogP contribution in [0.1, 0.15) is 18.9 Å². The van der Waals surface area contributed by atoms with Crippen molar-refractivity contribution in [2.75, 3.05) is 13.2 Å². The lowest BCUT2D eigenvalue weighted by atomic mass is 10.1. The van der Waals surface area contributed by atoms with E-state index in [0.717, 1.165) is 17.6 Å². The van der Waals surface area contributed by atoms with E-state index in [1.807, 2.05) is 13.0 Å². The average molecular weight is 249 g/mol. The molecule has 2 rings (SSSR count). The molecule has 1 heterocycles. The number of benzene rings is 1. The third-order valence-corrected chi connectivity index (χ3v) is 2.71. The quantitative estimate of drug-likeness (QED) is 0.608. The van der Waals surface area contributed by atoms with E-state index < -0.39 is 4.92 Å². The lowest BCUT2D eigenvalue weighted by Crippen LogP contribution is -2.09. The molecule has 5 nitrogen and oxygen atoms in total. The van der Waals surface area contributed by atoms with Crippen molar-refractivity contribution >= 4 is 11.8 Å². The summed E-state index contributed by atoms with van der Waals surface area (Å²) >= 11 is 0. The Balaban J connectivity index is 2.03. The van der Waals surface area contributed by atoms with E-state index in [0.29, 0.717) is 13.2 Å². The third-order valence-electron chi connectivity index (χ3n) is 2.71. The summed E-state index contributed by atoms with van der Waals surface area (Å²) < 4.78 is 10.8. The maximum absolute atomic E-state index is 10.5. The molecule has 1 atom stereocenters. The van der Waals surface area contributed by atoms with Gasteiger partial charge < -0.3 is 9.47 Å². The highest BCUT2D eigenvalue weighted by Gasteiger charge is 2.19. The smallest absolute Gasteiger partial charge is 0.269 e. The van der Waals surface area contributed by atoms with Crippen LogP contribution in [-0.2, 0) is 9.47 Å². The van der Waals surface area contributed by atoms with Crippen molar-refractivity contribution in [1.82, 2.24) is 0 Å². The Morgan fingerprint density at radius 1 is 1.50 bits per heavy atom. The molecule has 0 spiro atoms. The molecule has 0 amide bonds. The summed E-state index contributed by atoms with van der Waals surface area (Å²) in [5, 5.41) is 10.5. The fraction of sp³-hybridized carbons (Fsp3) is 0.385. The highest BCUT2D eigenvalue weighted by atomic mass is 16.7. The molecule has 1 fully saturated rings. The first-order chi connectivity index (χ1) is 8.69. The van der Waals surface area contributed by atoms with Crippen LogP contribution in [0.2, 0.25) is 0 Å². The van der Waals surface area contributed by atoms with Crippen LogP contribution in [0.15, 0.2) is 29.8 Å². The molecule has 0 bridgehead atoms. The van der Waals surface area contributed by atoms with Crippen molar-refractivity contribution in [2.45, 2.75) is 19.6 Å². The Labute approximate surface area is 105 Å². The second kappa shape index (κ2) is 5.75. The molecule has 5 heteroatoms. The molecule has 18 heavy (non-hydrogen) atoms. The molecular weight excluding hydrogens is 234 g/mol. The minimum atomic E-state index is -0.402. The van der Waals surface area contributed by atoms with Crippen LogP contribution in [0, 0.1) is 10.1 Å². The van der Waals surface area contributed by atoms with Crippen LogP contribution in [-0.4, -0.2) is 24.4 Å². The number of nitrogens with zero attached hydrogens (tertiary/aromatic N) is 1. The SMILES string of the molecule is CCO[C@H]1C/C(=C/c2ccc([N+](=O)[O-])cc2)CO1. The van der Waals surface area contributed by atoms with Crippen LogP contribution in [0.4, 0.5) is 5.69 Å². The van der Waals surface area contributed by atoms with Gasteiger partial charge in [-0.2, -0.15) is 0 Å². The van der Waals surface area contributed by atoms with Crippen molar-refractivity contribution in [3.63, 3.8) is 0 Å². The summed E-state index contributed by atoms with van der Waals surface area (Å²) in [4.78, 5) is 10.1. The molecule has 0 aliphatic carbocycles. The van der Waals surface area contributed by atoms with E-state index in [9.17, 15) is 10.1 Å². The van der Waals surface area contributed by atoms with Crippen molar-refractivity contribution < 1.29 is 14.4 Å². The maximum atomic E-state index is 10.5. The van der Waals surface area contributed by atoms with E-state index in [2.05, 4.69) is 0 Å². The Kier molecular flexibility index (Phi) is 4.07. The monoisotopic (exact) mass is 249 g/mol. The number of ether oxygens (including phenoxy) is 2. The Hall–Kier alpha value is -1.72. The van der Waals surface area contributed by atoms with Gasteiger partial charge in [0.1, 0.15) is 0 Å². The molecule has 0 N–H and O–H groups in total. The number of non-ortho nitro benzene ring substituents is 1. The van der Waals surface area contributed by atoms with Crippen LogP contribution < -0.4 is 0 Å². The average Bonchev–Trinajstić information content (AvgIpc) is 2.78. The number of hydrogen-bond acceptors (Lipinski definition) is 4. The van der Waals surface area contributed by atoms with Gasteiger partial charge in [0.15, 0.2) is 6.29 Å². The van der Waals surface area contributed by atoms with Gasteiger partial charge in [0.2, 0.25) is 0 Å². The van der Waals surface area contributed by atoms with Crippen molar-refractivity contribution in [2.24, 2.45) is 0 Å². The molecule has 0 saturated carbocycles. The van der Waals surface area contributed by atoms with Gasteiger partial charge in [0.25, 0.3) is 5.69 Å². The third kappa shape index (κ3) is 3.15. The normalized spacial score (nSPS) is 21.4. The number of hydrogen-bond donors (Lipinski definition) is 0. The molecule has 1 aromatic rings. The molecule has 1 saturated heterocycles.